The zero-order valence-corrected chi connectivity index (χ0v) is 24.7. The van der Waals surface area contributed by atoms with Crippen LogP contribution in [0.15, 0.2) is 42.6 Å². The Kier molecular flexibility index (Phi) is 8.20. The summed E-state index contributed by atoms with van der Waals surface area (Å²) in [6.07, 6.45) is 4.42. The fourth-order valence-corrected chi connectivity index (χ4v) is 6.11. The third-order valence-electron chi connectivity index (χ3n) is 7.86. The summed E-state index contributed by atoms with van der Waals surface area (Å²) in [4.78, 5) is 41.8. The van der Waals surface area contributed by atoms with Crippen molar-refractivity contribution in [2.75, 3.05) is 23.8 Å². The second kappa shape index (κ2) is 11.7. The molecule has 4 heterocycles. The van der Waals surface area contributed by atoms with Crippen molar-refractivity contribution in [1.82, 2.24) is 25.0 Å². The van der Waals surface area contributed by atoms with Crippen molar-refractivity contribution in [2.24, 2.45) is 17.3 Å². The predicted octanol–water partition coefficient (Wildman–Crippen LogP) is 4.00. The predicted molar refractivity (Wildman–Crippen MR) is 157 cm³/mol. The van der Waals surface area contributed by atoms with Crippen molar-refractivity contribution in [3.8, 4) is 11.6 Å². The van der Waals surface area contributed by atoms with Gasteiger partial charge in [0, 0.05) is 35.7 Å². The highest BCUT2D eigenvalue weighted by Crippen LogP contribution is 2.40. The summed E-state index contributed by atoms with van der Waals surface area (Å²) in [5, 5.41) is 11.6. The van der Waals surface area contributed by atoms with Gasteiger partial charge in [0.25, 0.3) is 0 Å². The van der Waals surface area contributed by atoms with Crippen LogP contribution in [0, 0.1) is 17.3 Å². The SMILES string of the molecule is CC(CC(C)C(=O)N1NC2(COC2)CC(C)(C)CC1C)C(=O)Nc1cn2nc(Oc3cccc(NC=O)c3)ccc2n1. The van der Waals surface area contributed by atoms with E-state index in [9.17, 15) is 14.4 Å². The highest BCUT2D eigenvalue weighted by Gasteiger charge is 2.49. The number of hydrogen-bond acceptors (Lipinski definition) is 8. The van der Waals surface area contributed by atoms with Crippen LogP contribution < -0.4 is 20.8 Å². The van der Waals surface area contributed by atoms with Gasteiger partial charge in [0.2, 0.25) is 24.1 Å². The molecule has 12 heteroatoms. The Morgan fingerprint density at radius 2 is 2.00 bits per heavy atom. The topological polar surface area (TPSA) is 139 Å². The van der Waals surface area contributed by atoms with E-state index < -0.39 is 5.92 Å². The van der Waals surface area contributed by atoms with Crippen molar-refractivity contribution in [3.63, 3.8) is 0 Å². The van der Waals surface area contributed by atoms with Gasteiger partial charge in [0.1, 0.15) is 5.75 Å². The number of hydrazine groups is 1. The molecular weight excluding hydrogens is 538 g/mol. The molecule has 1 aromatic carbocycles. The second-order valence-corrected chi connectivity index (χ2v) is 12.5. The molecule has 0 aliphatic carbocycles. The molecule has 3 atom stereocenters. The van der Waals surface area contributed by atoms with Crippen molar-refractivity contribution >= 4 is 35.4 Å². The number of nitrogens with one attached hydrogen (secondary N) is 3. The number of rotatable bonds is 9. The molecule has 2 fully saturated rings. The van der Waals surface area contributed by atoms with Crippen LogP contribution >= 0.6 is 0 Å². The lowest BCUT2D eigenvalue weighted by Gasteiger charge is -2.46. The summed E-state index contributed by atoms with van der Waals surface area (Å²) in [6.45, 7) is 11.4. The van der Waals surface area contributed by atoms with Crippen LogP contribution in [0.5, 0.6) is 11.6 Å². The highest BCUT2D eigenvalue weighted by molar-refractivity contribution is 5.92. The number of imidazole rings is 1. The summed E-state index contributed by atoms with van der Waals surface area (Å²) in [5.41, 5.74) is 4.50. The third-order valence-corrected chi connectivity index (χ3v) is 7.86. The van der Waals surface area contributed by atoms with E-state index in [1.165, 1.54) is 4.52 Å². The lowest BCUT2D eigenvalue weighted by molar-refractivity contribution is -0.155. The van der Waals surface area contributed by atoms with Gasteiger partial charge in [-0.3, -0.25) is 19.4 Å². The molecular formula is C30H39N7O5. The van der Waals surface area contributed by atoms with Crippen LogP contribution in [-0.4, -0.2) is 62.6 Å². The van der Waals surface area contributed by atoms with Crippen LogP contribution in [0.1, 0.15) is 53.9 Å². The van der Waals surface area contributed by atoms with E-state index in [0.717, 1.165) is 12.8 Å². The molecule has 2 aliphatic heterocycles. The summed E-state index contributed by atoms with van der Waals surface area (Å²) < 4.78 is 12.9. The van der Waals surface area contributed by atoms with Gasteiger partial charge in [-0.2, -0.15) is 0 Å². The van der Waals surface area contributed by atoms with Gasteiger partial charge in [-0.1, -0.05) is 33.8 Å². The van der Waals surface area contributed by atoms with Crippen LogP contribution in [0.2, 0.25) is 0 Å². The Bertz CT molecular complexity index is 1470. The molecule has 2 saturated heterocycles. The van der Waals surface area contributed by atoms with E-state index in [0.29, 0.717) is 54.8 Å². The third kappa shape index (κ3) is 6.55. The van der Waals surface area contributed by atoms with Crippen LogP contribution in [0.4, 0.5) is 11.5 Å². The zero-order chi connectivity index (χ0) is 30.1. The van der Waals surface area contributed by atoms with E-state index in [-0.39, 0.29) is 34.7 Å². The van der Waals surface area contributed by atoms with Crippen molar-refractivity contribution in [2.45, 2.75) is 65.5 Å². The quantitative estimate of drug-likeness (QED) is 0.325. The first-order valence-electron chi connectivity index (χ1n) is 14.3. The van der Waals surface area contributed by atoms with E-state index in [1.54, 1.807) is 47.6 Å². The van der Waals surface area contributed by atoms with Gasteiger partial charge in [-0.15, -0.1) is 5.10 Å². The van der Waals surface area contributed by atoms with E-state index >= 15 is 0 Å². The number of nitrogens with zero attached hydrogens (tertiary/aromatic N) is 4. The maximum atomic E-state index is 13.6. The van der Waals surface area contributed by atoms with Crippen LogP contribution in [0.25, 0.3) is 5.65 Å². The summed E-state index contributed by atoms with van der Waals surface area (Å²) >= 11 is 0. The smallest absolute Gasteiger partial charge is 0.239 e. The first-order valence-corrected chi connectivity index (χ1v) is 14.3. The normalized spacial score (nSPS) is 20.7. The van der Waals surface area contributed by atoms with Crippen LogP contribution in [0.3, 0.4) is 0 Å². The molecule has 3 amide bonds. The first kappa shape index (κ1) is 29.5. The Labute approximate surface area is 245 Å². The van der Waals surface area contributed by atoms with Crippen molar-refractivity contribution in [3.05, 3.63) is 42.6 Å². The number of carbonyl (C=O) groups excluding carboxylic acids is 3. The first-order chi connectivity index (χ1) is 20.0. The lowest BCUT2D eigenvalue weighted by Crippen LogP contribution is -2.67. The van der Waals surface area contributed by atoms with Gasteiger partial charge in [0.05, 0.1) is 24.9 Å². The number of anilines is 2. The molecule has 3 N–H and O–H groups in total. The monoisotopic (exact) mass is 577 g/mol. The summed E-state index contributed by atoms with van der Waals surface area (Å²) in [7, 11) is 0. The molecule has 42 heavy (non-hydrogen) atoms. The molecule has 0 saturated carbocycles. The van der Waals surface area contributed by atoms with E-state index in [2.05, 4.69) is 46.9 Å². The largest absolute Gasteiger partial charge is 0.438 e. The minimum atomic E-state index is -0.424. The average molecular weight is 578 g/mol. The Morgan fingerprint density at radius 3 is 2.71 bits per heavy atom. The summed E-state index contributed by atoms with van der Waals surface area (Å²) in [5.74, 6) is 0.153. The molecule has 0 bridgehead atoms. The summed E-state index contributed by atoms with van der Waals surface area (Å²) in [6, 6.07) is 10.3. The fourth-order valence-electron chi connectivity index (χ4n) is 6.11. The van der Waals surface area contributed by atoms with Gasteiger partial charge in [-0.05, 0) is 49.8 Å². The number of amides is 3. The van der Waals surface area contributed by atoms with Crippen molar-refractivity contribution in [1.29, 1.82) is 0 Å². The maximum absolute atomic E-state index is 13.6. The van der Waals surface area contributed by atoms with Crippen LogP contribution in [-0.2, 0) is 19.1 Å². The molecule has 0 radical (unpaired) electrons. The molecule has 5 rings (SSSR count). The average Bonchev–Trinajstić information content (AvgIpc) is 3.25. The fraction of sp³-hybridized carbons (Fsp3) is 0.500. The van der Waals surface area contributed by atoms with Gasteiger partial charge < -0.3 is 20.1 Å². The lowest BCUT2D eigenvalue weighted by atomic mass is 9.75. The molecule has 3 aromatic rings. The number of ether oxygens (including phenoxy) is 2. The molecule has 12 nitrogen and oxygen atoms in total. The number of aromatic nitrogens is 3. The zero-order valence-electron chi connectivity index (χ0n) is 24.7. The highest BCUT2D eigenvalue weighted by atomic mass is 16.5. The van der Waals surface area contributed by atoms with E-state index in [4.69, 9.17) is 9.47 Å². The second-order valence-electron chi connectivity index (χ2n) is 12.5. The minimum absolute atomic E-state index is 0.0111. The molecule has 2 aromatic heterocycles. The number of fused-ring (bicyclic) bond motifs is 1. The minimum Gasteiger partial charge on any atom is -0.438 e. The number of carbonyl (C=O) groups is 3. The Hall–Kier alpha value is -4.03. The van der Waals surface area contributed by atoms with E-state index in [1.807, 2.05) is 13.8 Å². The molecule has 1 spiro atoms. The van der Waals surface area contributed by atoms with Gasteiger partial charge in [0.15, 0.2) is 11.5 Å². The number of hydrogen-bond donors (Lipinski definition) is 3. The van der Waals surface area contributed by atoms with Crippen molar-refractivity contribution < 1.29 is 23.9 Å². The Balaban J connectivity index is 1.20. The standard InChI is InChI=1S/C30H39N7O5/c1-19(11-20(2)28(40)37-21(3)13-29(4,5)15-30(35-37)16-41-17-30)27(39)33-24-14-36-25(32-24)9-10-26(34-36)42-23-8-6-7-22(12-23)31-18-38/h6-10,12,14,18-21,35H,11,13,15-17H2,1-5H3,(H,31,38)(H,33,39). The number of benzene rings is 1. The Morgan fingerprint density at radius 1 is 1.21 bits per heavy atom. The molecule has 3 unspecified atom stereocenters. The maximum Gasteiger partial charge on any atom is 0.239 e. The molecule has 2 aliphatic rings. The van der Waals surface area contributed by atoms with Gasteiger partial charge in [-0.25, -0.2) is 14.9 Å². The molecule has 224 valence electrons. The van der Waals surface area contributed by atoms with Gasteiger partial charge >= 0.3 is 0 Å².